The van der Waals surface area contributed by atoms with E-state index in [1.54, 1.807) is 13.3 Å². The van der Waals surface area contributed by atoms with Gasteiger partial charge in [-0.05, 0) is 46.1 Å². The summed E-state index contributed by atoms with van der Waals surface area (Å²) >= 11 is 0. The Morgan fingerprint density at radius 1 is 1.27 bits per heavy atom. The Labute approximate surface area is 131 Å². The molecule has 6 nitrogen and oxygen atoms in total. The van der Waals surface area contributed by atoms with E-state index in [2.05, 4.69) is 15.6 Å². The molecule has 2 N–H and O–H groups in total. The minimum absolute atomic E-state index is 0.151. The lowest BCUT2D eigenvalue weighted by Crippen LogP contribution is -2.38. The number of carbonyl (C=O) groups excluding carboxylic acids is 1. The van der Waals surface area contributed by atoms with Crippen LogP contribution >= 0.6 is 0 Å². The first-order chi connectivity index (χ1) is 10.4. The molecular weight excluding hydrogens is 282 g/mol. The van der Waals surface area contributed by atoms with Crippen LogP contribution in [0.15, 0.2) is 18.3 Å². The summed E-state index contributed by atoms with van der Waals surface area (Å²) in [6, 6.07) is 4.25. The van der Waals surface area contributed by atoms with Gasteiger partial charge in [-0.2, -0.15) is 0 Å². The highest BCUT2D eigenvalue weighted by Crippen LogP contribution is 2.24. The number of amides is 1. The number of alkyl carbamates (subject to hydrolysis) is 1. The third kappa shape index (κ3) is 5.09. The lowest BCUT2D eigenvalue weighted by atomic mass is 10.2. The van der Waals surface area contributed by atoms with E-state index < -0.39 is 5.60 Å². The Hall–Kier alpha value is -1.98. The third-order valence-corrected chi connectivity index (χ3v) is 3.47. The van der Waals surface area contributed by atoms with Gasteiger partial charge in [0.2, 0.25) is 5.88 Å². The van der Waals surface area contributed by atoms with Crippen molar-refractivity contribution in [3.05, 3.63) is 18.3 Å². The van der Waals surface area contributed by atoms with E-state index in [0.717, 1.165) is 24.9 Å². The van der Waals surface area contributed by atoms with Gasteiger partial charge >= 0.3 is 6.09 Å². The van der Waals surface area contributed by atoms with Crippen LogP contribution in [0.4, 0.5) is 10.5 Å². The molecule has 2 atom stereocenters. The van der Waals surface area contributed by atoms with Gasteiger partial charge in [-0.25, -0.2) is 9.78 Å². The zero-order valence-corrected chi connectivity index (χ0v) is 13.7. The second kappa shape index (κ2) is 6.85. The topological polar surface area (TPSA) is 72.5 Å². The predicted molar refractivity (Wildman–Crippen MR) is 85.2 cm³/mol. The number of hydrogen-bond acceptors (Lipinski definition) is 5. The minimum Gasteiger partial charge on any atom is -0.481 e. The van der Waals surface area contributed by atoms with Crippen LogP contribution in [0.5, 0.6) is 5.88 Å². The van der Waals surface area contributed by atoms with Crippen LogP contribution in [0.2, 0.25) is 0 Å². The van der Waals surface area contributed by atoms with Crippen molar-refractivity contribution < 1.29 is 14.3 Å². The molecule has 1 saturated carbocycles. The first kappa shape index (κ1) is 16.4. The molecular formula is C16H25N3O3. The highest BCUT2D eigenvalue weighted by Gasteiger charge is 2.27. The second-order valence-electron chi connectivity index (χ2n) is 6.59. The van der Waals surface area contributed by atoms with E-state index >= 15 is 0 Å². The minimum atomic E-state index is -0.463. The van der Waals surface area contributed by atoms with Crippen molar-refractivity contribution in [1.29, 1.82) is 0 Å². The normalized spacial score (nSPS) is 21.3. The number of aromatic nitrogens is 1. The molecule has 1 aromatic rings. The number of nitrogens with one attached hydrogen (secondary N) is 2. The van der Waals surface area contributed by atoms with Crippen molar-refractivity contribution in [3.63, 3.8) is 0 Å². The quantitative estimate of drug-likeness (QED) is 0.894. The average Bonchev–Trinajstić information content (AvgIpc) is 2.84. The van der Waals surface area contributed by atoms with Gasteiger partial charge in [-0.1, -0.05) is 0 Å². The monoisotopic (exact) mass is 307 g/mol. The number of nitrogens with zero attached hydrogens (tertiary/aromatic N) is 1. The average molecular weight is 307 g/mol. The van der Waals surface area contributed by atoms with Gasteiger partial charge in [0.1, 0.15) is 5.60 Å². The van der Waals surface area contributed by atoms with Gasteiger partial charge in [0, 0.05) is 18.2 Å². The van der Waals surface area contributed by atoms with Crippen molar-refractivity contribution in [1.82, 2.24) is 10.3 Å². The first-order valence-electron chi connectivity index (χ1n) is 7.62. The van der Waals surface area contributed by atoms with Gasteiger partial charge in [-0.3, -0.25) is 0 Å². The van der Waals surface area contributed by atoms with Crippen LogP contribution < -0.4 is 15.4 Å². The third-order valence-electron chi connectivity index (χ3n) is 3.47. The summed E-state index contributed by atoms with van der Waals surface area (Å²) in [5.41, 5.74) is 0.499. The van der Waals surface area contributed by atoms with E-state index in [0.29, 0.717) is 11.9 Å². The fraction of sp³-hybridized carbons (Fsp3) is 0.625. The largest absolute Gasteiger partial charge is 0.481 e. The van der Waals surface area contributed by atoms with Gasteiger partial charge in [0.15, 0.2) is 0 Å². The SMILES string of the molecule is COc1ccc(NC2CCC(NC(=O)OC(C)(C)C)C2)cn1. The summed E-state index contributed by atoms with van der Waals surface area (Å²) in [4.78, 5) is 15.9. The molecule has 1 aliphatic rings. The Morgan fingerprint density at radius 3 is 2.59 bits per heavy atom. The maximum absolute atomic E-state index is 11.8. The van der Waals surface area contributed by atoms with Gasteiger partial charge in [0.05, 0.1) is 19.0 Å². The molecule has 1 aliphatic carbocycles. The molecule has 6 heteroatoms. The highest BCUT2D eigenvalue weighted by atomic mass is 16.6. The van der Waals surface area contributed by atoms with Crippen LogP contribution in [0.3, 0.4) is 0 Å². The standard InChI is InChI=1S/C16H25N3O3/c1-16(2,3)22-15(20)19-12-6-5-11(9-12)18-13-7-8-14(21-4)17-10-13/h7-8,10-12,18H,5-6,9H2,1-4H3,(H,19,20). The fourth-order valence-corrected chi connectivity index (χ4v) is 2.54. The molecule has 0 radical (unpaired) electrons. The summed E-state index contributed by atoms with van der Waals surface area (Å²) in [6.45, 7) is 5.59. The molecule has 122 valence electrons. The van der Waals surface area contributed by atoms with Crippen molar-refractivity contribution in [3.8, 4) is 5.88 Å². The Kier molecular flexibility index (Phi) is 5.11. The highest BCUT2D eigenvalue weighted by molar-refractivity contribution is 5.68. The number of anilines is 1. The van der Waals surface area contributed by atoms with Crippen LogP contribution in [0.25, 0.3) is 0 Å². The van der Waals surface area contributed by atoms with E-state index in [-0.39, 0.29) is 12.1 Å². The first-order valence-corrected chi connectivity index (χ1v) is 7.62. The summed E-state index contributed by atoms with van der Waals surface area (Å²) < 4.78 is 10.3. The molecule has 2 rings (SSSR count). The second-order valence-corrected chi connectivity index (χ2v) is 6.59. The number of hydrogen-bond donors (Lipinski definition) is 2. The maximum Gasteiger partial charge on any atom is 0.407 e. The van der Waals surface area contributed by atoms with Crippen LogP contribution in [-0.4, -0.2) is 35.9 Å². The van der Waals surface area contributed by atoms with Crippen molar-refractivity contribution >= 4 is 11.8 Å². The summed E-state index contributed by atoms with van der Waals surface area (Å²) in [7, 11) is 1.60. The molecule has 0 bridgehead atoms. The molecule has 0 aromatic carbocycles. The van der Waals surface area contributed by atoms with Crippen LogP contribution in [0, 0.1) is 0 Å². The molecule has 1 aromatic heterocycles. The number of carbonyl (C=O) groups is 1. The van der Waals surface area contributed by atoms with Crippen molar-refractivity contribution in [2.24, 2.45) is 0 Å². The van der Waals surface area contributed by atoms with E-state index in [9.17, 15) is 4.79 Å². The summed E-state index contributed by atoms with van der Waals surface area (Å²) in [5.74, 6) is 0.599. The van der Waals surface area contributed by atoms with Gasteiger partial charge in [0.25, 0.3) is 0 Å². The maximum atomic E-state index is 11.8. The van der Waals surface area contributed by atoms with E-state index in [1.807, 2.05) is 32.9 Å². The summed E-state index contributed by atoms with van der Waals surface area (Å²) in [5, 5.41) is 6.37. The molecule has 1 amide bonds. The molecule has 0 saturated heterocycles. The zero-order chi connectivity index (χ0) is 16.2. The van der Waals surface area contributed by atoms with Crippen molar-refractivity contribution in [2.45, 2.75) is 57.7 Å². The Bertz CT molecular complexity index is 496. The van der Waals surface area contributed by atoms with Crippen molar-refractivity contribution in [2.75, 3.05) is 12.4 Å². The molecule has 0 aliphatic heterocycles. The van der Waals surface area contributed by atoms with E-state index in [4.69, 9.17) is 9.47 Å². The lowest BCUT2D eigenvalue weighted by molar-refractivity contribution is 0.0505. The molecule has 2 unspecified atom stereocenters. The number of methoxy groups -OCH3 is 1. The summed E-state index contributed by atoms with van der Waals surface area (Å²) in [6.07, 6.45) is 4.25. The Morgan fingerprint density at radius 2 is 2.00 bits per heavy atom. The number of pyridine rings is 1. The Balaban J connectivity index is 1.78. The zero-order valence-electron chi connectivity index (χ0n) is 13.7. The number of rotatable bonds is 4. The predicted octanol–water partition coefficient (Wildman–Crippen LogP) is 2.95. The van der Waals surface area contributed by atoms with E-state index in [1.165, 1.54) is 0 Å². The van der Waals surface area contributed by atoms with Crippen LogP contribution in [-0.2, 0) is 4.74 Å². The lowest BCUT2D eigenvalue weighted by Gasteiger charge is -2.22. The molecule has 22 heavy (non-hydrogen) atoms. The van der Waals surface area contributed by atoms with Gasteiger partial charge < -0.3 is 20.1 Å². The fourth-order valence-electron chi connectivity index (χ4n) is 2.54. The number of ether oxygens (including phenoxy) is 2. The smallest absolute Gasteiger partial charge is 0.407 e. The van der Waals surface area contributed by atoms with Crippen LogP contribution in [0.1, 0.15) is 40.0 Å². The molecule has 1 fully saturated rings. The molecule has 1 heterocycles. The van der Waals surface area contributed by atoms with Gasteiger partial charge in [-0.15, -0.1) is 0 Å². The molecule has 0 spiro atoms.